The molecule has 0 radical (unpaired) electrons. The topological polar surface area (TPSA) is 75.6 Å². The second-order valence-electron chi connectivity index (χ2n) is 2.26. The highest BCUT2D eigenvalue weighted by molar-refractivity contribution is 6.15. The zero-order chi connectivity index (χ0) is 11.4. The molecule has 5 nitrogen and oxygen atoms in total. The van der Waals surface area contributed by atoms with Crippen molar-refractivity contribution in [2.75, 3.05) is 26.1 Å². The number of nitrogens with one attached hydrogen (secondary N) is 1. The number of aliphatic carboxylic acids is 1. The molecular formula is C8H16ClNO4. The fourth-order valence-corrected chi connectivity index (χ4v) is 0.608. The van der Waals surface area contributed by atoms with Gasteiger partial charge in [-0.05, 0) is 13.0 Å². The van der Waals surface area contributed by atoms with E-state index in [4.69, 9.17) is 5.11 Å². The maximum atomic E-state index is 10.2. The number of rotatable bonds is 6. The molecule has 0 heterocycles. The fraction of sp³-hybridized carbons (Fsp3) is 0.750. The van der Waals surface area contributed by atoms with Crippen LogP contribution in [0.15, 0.2) is 0 Å². The number of hydrogen-bond donors (Lipinski definition) is 2. The normalized spacial score (nSPS) is 8.50. The lowest BCUT2D eigenvalue weighted by molar-refractivity contribution is -0.141. The number of carbonyl (C=O) groups excluding carboxylic acids is 1. The Morgan fingerprint density at radius 1 is 1.43 bits per heavy atom. The van der Waals surface area contributed by atoms with E-state index in [2.05, 4.69) is 21.7 Å². The number of carboxylic acid groups (broad SMARTS) is 1. The van der Waals surface area contributed by atoms with Crippen LogP contribution in [-0.4, -0.2) is 43.1 Å². The van der Waals surface area contributed by atoms with E-state index in [0.717, 1.165) is 0 Å². The van der Waals surface area contributed by atoms with Gasteiger partial charge in [0.1, 0.15) is 0 Å². The lowest BCUT2D eigenvalue weighted by Crippen LogP contribution is -2.24. The predicted molar refractivity (Wildman–Crippen MR) is 53.5 cm³/mol. The Bertz CT molecular complexity index is 145. The van der Waals surface area contributed by atoms with Gasteiger partial charge in [-0.3, -0.25) is 9.59 Å². The van der Waals surface area contributed by atoms with Gasteiger partial charge in [-0.2, -0.15) is 0 Å². The zero-order valence-electron chi connectivity index (χ0n) is 8.38. The van der Waals surface area contributed by atoms with Gasteiger partial charge in [0.15, 0.2) is 0 Å². The van der Waals surface area contributed by atoms with E-state index in [1.807, 2.05) is 0 Å². The van der Waals surface area contributed by atoms with Gasteiger partial charge in [-0.15, -0.1) is 11.6 Å². The molecule has 0 atom stereocenters. The highest BCUT2D eigenvalue weighted by atomic mass is 35.5. The molecule has 6 heteroatoms. The monoisotopic (exact) mass is 225 g/mol. The molecule has 0 aromatic rings. The molecule has 2 N–H and O–H groups in total. The summed E-state index contributed by atoms with van der Waals surface area (Å²) in [5.74, 6) is -1.20. The molecule has 14 heavy (non-hydrogen) atoms. The van der Waals surface area contributed by atoms with E-state index >= 15 is 0 Å². The van der Waals surface area contributed by atoms with E-state index in [9.17, 15) is 9.59 Å². The van der Waals surface area contributed by atoms with Crippen molar-refractivity contribution in [3.63, 3.8) is 0 Å². The number of carboxylic acids is 1. The third kappa shape index (κ3) is 17.3. The van der Waals surface area contributed by atoms with E-state index in [1.165, 1.54) is 13.3 Å². The van der Waals surface area contributed by atoms with Gasteiger partial charge >= 0.3 is 11.9 Å². The van der Waals surface area contributed by atoms with Crippen molar-refractivity contribution in [3.8, 4) is 0 Å². The second-order valence-corrected chi connectivity index (χ2v) is 2.26. The van der Waals surface area contributed by atoms with Crippen molar-refractivity contribution >= 4 is 23.5 Å². The number of esters is 1. The lowest BCUT2D eigenvalue weighted by atomic mass is 10.4. The molecule has 0 fully saturated rings. The molecule has 0 aliphatic carbocycles. The first kappa shape index (κ1) is 15.7. The first-order valence-corrected chi connectivity index (χ1v) is 4.82. The molecule has 0 aliphatic rings. The summed E-state index contributed by atoms with van der Waals surface area (Å²) in [7, 11) is 0. The van der Waals surface area contributed by atoms with Crippen LogP contribution in [0.25, 0.3) is 0 Å². The second kappa shape index (κ2) is 12.2. The SMILES string of the molecule is CC(=O)OCCCNCC(=O)O.CCl. The molecule has 0 aromatic carbocycles. The van der Waals surface area contributed by atoms with Gasteiger partial charge < -0.3 is 15.2 Å². The minimum atomic E-state index is -0.887. The summed E-state index contributed by atoms with van der Waals surface area (Å²) in [5, 5.41) is 10.9. The highest BCUT2D eigenvalue weighted by Gasteiger charge is 1.95. The fourth-order valence-electron chi connectivity index (χ4n) is 0.608. The zero-order valence-corrected chi connectivity index (χ0v) is 9.13. The molecule has 0 aromatic heterocycles. The third-order valence-electron chi connectivity index (χ3n) is 1.08. The van der Waals surface area contributed by atoms with Crippen molar-refractivity contribution in [1.82, 2.24) is 5.32 Å². The molecule has 0 spiro atoms. The van der Waals surface area contributed by atoms with Gasteiger partial charge in [0, 0.05) is 13.3 Å². The van der Waals surface area contributed by atoms with Crippen LogP contribution < -0.4 is 5.32 Å². The van der Waals surface area contributed by atoms with Crippen LogP contribution in [0.5, 0.6) is 0 Å². The van der Waals surface area contributed by atoms with Crippen LogP contribution in [0.1, 0.15) is 13.3 Å². The van der Waals surface area contributed by atoms with Crippen molar-refractivity contribution in [2.24, 2.45) is 0 Å². The molecule has 0 saturated heterocycles. The lowest BCUT2D eigenvalue weighted by Gasteiger charge is -2.01. The van der Waals surface area contributed by atoms with Crippen molar-refractivity contribution in [1.29, 1.82) is 0 Å². The van der Waals surface area contributed by atoms with Crippen molar-refractivity contribution < 1.29 is 19.4 Å². The van der Waals surface area contributed by atoms with Crippen LogP contribution in [0, 0.1) is 0 Å². The summed E-state index contributed by atoms with van der Waals surface area (Å²) in [4.78, 5) is 20.2. The van der Waals surface area contributed by atoms with E-state index in [1.54, 1.807) is 0 Å². The Hall–Kier alpha value is -0.810. The maximum absolute atomic E-state index is 10.2. The Morgan fingerprint density at radius 2 is 2.00 bits per heavy atom. The molecule has 0 bridgehead atoms. The highest BCUT2D eigenvalue weighted by Crippen LogP contribution is 1.81. The Kier molecular flexibility index (Phi) is 13.6. The van der Waals surface area contributed by atoms with Crippen molar-refractivity contribution in [2.45, 2.75) is 13.3 Å². The average molecular weight is 226 g/mol. The average Bonchev–Trinajstić information content (AvgIpc) is 2.13. The van der Waals surface area contributed by atoms with Crippen molar-refractivity contribution in [3.05, 3.63) is 0 Å². The largest absolute Gasteiger partial charge is 0.480 e. The van der Waals surface area contributed by atoms with Gasteiger partial charge in [-0.1, -0.05) is 0 Å². The summed E-state index contributed by atoms with van der Waals surface area (Å²) >= 11 is 4.64. The summed E-state index contributed by atoms with van der Waals surface area (Å²) in [5.41, 5.74) is 0. The number of ether oxygens (including phenoxy) is 1. The molecule has 0 rings (SSSR count). The summed E-state index contributed by atoms with van der Waals surface area (Å²) in [6.07, 6.45) is 2.10. The quantitative estimate of drug-likeness (QED) is 0.391. The summed E-state index contributed by atoms with van der Waals surface area (Å²) < 4.78 is 4.62. The molecule has 0 aliphatic heterocycles. The first-order valence-electron chi connectivity index (χ1n) is 4.06. The molecule has 84 valence electrons. The third-order valence-corrected chi connectivity index (χ3v) is 1.08. The molecular weight excluding hydrogens is 210 g/mol. The number of carbonyl (C=O) groups is 2. The summed E-state index contributed by atoms with van der Waals surface area (Å²) in [6, 6.07) is 0. The maximum Gasteiger partial charge on any atom is 0.317 e. The predicted octanol–water partition coefficient (Wildman–Crippen LogP) is 0.469. The van der Waals surface area contributed by atoms with Gasteiger partial charge in [0.2, 0.25) is 0 Å². The minimum absolute atomic E-state index is 0.0555. The smallest absolute Gasteiger partial charge is 0.317 e. The van der Waals surface area contributed by atoms with Gasteiger partial charge in [0.05, 0.1) is 13.2 Å². The van der Waals surface area contributed by atoms with Crippen LogP contribution in [0.3, 0.4) is 0 Å². The molecule has 0 amide bonds. The first-order chi connectivity index (χ1) is 6.63. The van der Waals surface area contributed by atoms with Crippen LogP contribution in [0.2, 0.25) is 0 Å². The summed E-state index contributed by atoms with van der Waals surface area (Å²) in [6.45, 7) is 2.16. The Balaban J connectivity index is 0. The number of halogens is 1. The van der Waals surface area contributed by atoms with Crippen LogP contribution in [-0.2, 0) is 14.3 Å². The standard InChI is InChI=1S/C7H13NO4.CH3Cl/c1-6(9)12-4-2-3-8-5-7(10)11;1-2/h8H,2-5H2,1H3,(H,10,11);1H3. The number of hydrogen-bond acceptors (Lipinski definition) is 4. The molecule has 0 unspecified atom stereocenters. The number of alkyl halides is 1. The van der Waals surface area contributed by atoms with E-state index in [0.29, 0.717) is 19.6 Å². The van der Waals surface area contributed by atoms with Gasteiger partial charge in [0.25, 0.3) is 0 Å². The van der Waals surface area contributed by atoms with Gasteiger partial charge in [-0.25, -0.2) is 0 Å². The Labute approximate surface area is 88.4 Å². The minimum Gasteiger partial charge on any atom is -0.480 e. The van der Waals surface area contributed by atoms with Crippen LogP contribution >= 0.6 is 11.6 Å². The van der Waals surface area contributed by atoms with Crippen LogP contribution in [0.4, 0.5) is 0 Å². The Morgan fingerprint density at radius 3 is 2.43 bits per heavy atom. The van der Waals surface area contributed by atoms with E-state index < -0.39 is 5.97 Å². The van der Waals surface area contributed by atoms with E-state index in [-0.39, 0.29) is 12.5 Å². The molecule has 0 saturated carbocycles.